The zero-order valence-corrected chi connectivity index (χ0v) is 9.12. The maximum absolute atomic E-state index is 9.51. The molecule has 0 amide bonds. The number of likely N-dealkylation sites (N-methyl/N-ethyl adjacent to an activating group) is 1. The second-order valence-electron chi connectivity index (χ2n) is 4.66. The number of aliphatic hydroxyl groups is 1. The van der Waals surface area contributed by atoms with E-state index in [1.54, 1.807) is 6.92 Å². The van der Waals surface area contributed by atoms with Gasteiger partial charge >= 0.3 is 81.8 Å². The van der Waals surface area contributed by atoms with Gasteiger partial charge in [0.25, 0.3) is 0 Å². The van der Waals surface area contributed by atoms with Gasteiger partial charge in [0.15, 0.2) is 0 Å². The molecule has 0 saturated carbocycles. The molecule has 0 bridgehead atoms. The van der Waals surface area contributed by atoms with Crippen molar-refractivity contribution in [1.82, 2.24) is 4.90 Å². The zero-order valence-electron chi connectivity index (χ0n) is 9.12. The van der Waals surface area contributed by atoms with Gasteiger partial charge in [0.05, 0.1) is 0 Å². The van der Waals surface area contributed by atoms with Crippen molar-refractivity contribution in [3.63, 3.8) is 0 Å². The van der Waals surface area contributed by atoms with Crippen LogP contribution in [-0.2, 0) is 0 Å². The van der Waals surface area contributed by atoms with E-state index in [1.807, 2.05) is 0 Å². The van der Waals surface area contributed by atoms with Crippen molar-refractivity contribution < 1.29 is 5.11 Å². The fourth-order valence-electron chi connectivity index (χ4n) is 2.57. The minimum absolute atomic E-state index is 0.182. The Balaban J connectivity index is 2.55. The van der Waals surface area contributed by atoms with Gasteiger partial charge in [-0.3, -0.25) is 0 Å². The van der Waals surface area contributed by atoms with Crippen LogP contribution >= 0.6 is 0 Å². The SMILES string of the molecule is C=BC(O)BC1(C)C(C(C)C)N1C. The molecule has 0 aromatic rings. The predicted molar refractivity (Wildman–Crippen MR) is 60.8 cm³/mol. The van der Waals surface area contributed by atoms with E-state index >= 15 is 0 Å². The number of nitrogens with zero attached hydrogens (tertiary/aromatic N) is 1. The molecule has 1 saturated heterocycles. The molecule has 0 aliphatic carbocycles. The quantitative estimate of drug-likeness (QED) is 0.465. The van der Waals surface area contributed by atoms with Crippen molar-refractivity contribution >= 4 is 20.7 Å². The van der Waals surface area contributed by atoms with E-state index in [9.17, 15) is 5.11 Å². The summed E-state index contributed by atoms with van der Waals surface area (Å²) in [6.07, 6.45) is 0. The summed E-state index contributed by atoms with van der Waals surface area (Å²) in [6, 6.07) is 0.613. The van der Waals surface area contributed by atoms with E-state index in [0.717, 1.165) is 7.28 Å². The van der Waals surface area contributed by atoms with Crippen molar-refractivity contribution in [2.45, 2.75) is 38.2 Å². The second-order valence-corrected chi connectivity index (χ2v) is 4.66. The zero-order chi connectivity index (χ0) is 10.2. The van der Waals surface area contributed by atoms with E-state index in [-0.39, 0.29) is 11.3 Å². The standard InChI is InChI=1S/C9H19B2NO/c1-6(2)7-9(3,12(7)5)11-8(13)10-4/h6-8,11,13H,4H2,1-3,5H3. The molecule has 2 nitrogen and oxygen atoms in total. The molecule has 1 heterocycles. The van der Waals surface area contributed by atoms with Gasteiger partial charge in [0.2, 0.25) is 0 Å². The van der Waals surface area contributed by atoms with Gasteiger partial charge in [0, 0.05) is 0 Å². The van der Waals surface area contributed by atoms with Crippen LogP contribution in [0.3, 0.4) is 0 Å². The molecule has 72 valence electrons. The first kappa shape index (κ1) is 11.0. The summed E-state index contributed by atoms with van der Waals surface area (Å²) in [6.45, 7) is 11.9. The normalized spacial score (nSPS) is 39.8. The molecular formula is C9H19B2NO. The summed E-state index contributed by atoms with van der Waals surface area (Å²) in [7, 11) is 2.93. The van der Waals surface area contributed by atoms with Crippen LogP contribution in [0.1, 0.15) is 20.8 Å². The van der Waals surface area contributed by atoms with Crippen LogP contribution in [0.4, 0.5) is 0 Å². The third-order valence-electron chi connectivity index (χ3n) is 3.32. The second kappa shape index (κ2) is 3.58. The van der Waals surface area contributed by atoms with Gasteiger partial charge in [-0.1, -0.05) is 0 Å². The fourth-order valence-corrected chi connectivity index (χ4v) is 2.57. The maximum atomic E-state index is 9.51. The average molecular weight is 179 g/mol. The molecule has 4 unspecified atom stereocenters. The Morgan fingerprint density at radius 1 is 1.62 bits per heavy atom. The summed E-state index contributed by atoms with van der Waals surface area (Å²) < 4.78 is 0. The fraction of sp³-hybridized carbons (Fsp3) is 0.889. The first-order valence-electron chi connectivity index (χ1n) is 4.97. The Bertz CT molecular complexity index is 210. The number of rotatable bonds is 4. The summed E-state index contributed by atoms with van der Waals surface area (Å²) in [5, 5.41) is 9.51. The van der Waals surface area contributed by atoms with Crippen LogP contribution in [0.15, 0.2) is 0 Å². The minimum atomic E-state index is -0.365. The number of hydrogen-bond acceptors (Lipinski definition) is 2. The molecule has 0 radical (unpaired) electrons. The van der Waals surface area contributed by atoms with Crippen LogP contribution < -0.4 is 0 Å². The van der Waals surface area contributed by atoms with Crippen molar-refractivity contribution in [3.05, 3.63) is 0 Å². The summed E-state index contributed by atoms with van der Waals surface area (Å²) in [5.74, 6) is 0.295. The van der Waals surface area contributed by atoms with E-state index < -0.39 is 0 Å². The Morgan fingerprint density at radius 2 is 2.15 bits per heavy atom. The first-order chi connectivity index (χ1) is 5.93. The number of hydrogen-bond donors (Lipinski definition) is 1. The van der Waals surface area contributed by atoms with Gasteiger partial charge in [-0.2, -0.15) is 0 Å². The molecule has 1 rings (SSSR count). The summed E-state index contributed by atoms with van der Waals surface area (Å²) >= 11 is 0. The van der Waals surface area contributed by atoms with E-state index in [0.29, 0.717) is 12.0 Å². The van der Waals surface area contributed by atoms with Gasteiger partial charge in [-0.25, -0.2) is 0 Å². The van der Waals surface area contributed by atoms with Crippen LogP contribution in [0.2, 0.25) is 0 Å². The van der Waals surface area contributed by atoms with Gasteiger partial charge < -0.3 is 0 Å². The Labute approximate surface area is 82.5 Å². The molecular weight excluding hydrogens is 160 g/mol. The van der Waals surface area contributed by atoms with Crippen LogP contribution in [0, 0.1) is 5.92 Å². The summed E-state index contributed by atoms with van der Waals surface area (Å²) in [5.41, 5.74) is 0.182. The van der Waals surface area contributed by atoms with Gasteiger partial charge in [-0.15, -0.1) is 0 Å². The Kier molecular flexibility index (Phi) is 3.03. The van der Waals surface area contributed by atoms with Crippen LogP contribution in [0.5, 0.6) is 0 Å². The van der Waals surface area contributed by atoms with Gasteiger partial charge in [0.1, 0.15) is 0 Å². The molecule has 1 N–H and O–H groups in total. The molecule has 0 spiro atoms. The average Bonchev–Trinajstić information content (AvgIpc) is 2.53. The molecule has 0 aromatic heterocycles. The van der Waals surface area contributed by atoms with Crippen molar-refractivity contribution in [3.8, 4) is 0 Å². The first-order valence-corrected chi connectivity index (χ1v) is 4.97. The molecule has 13 heavy (non-hydrogen) atoms. The van der Waals surface area contributed by atoms with E-state index in [4.69, 9.17) is 0 Å². The van der Waals surface area contributed by atoms with Crippen LogP contribution in [0.25, 0.3) is 0 Å². The third kappa shape index (κ3) is 1.89. The van der Waals surface area contributed by atoms with Crippen molar-refractivity contribution in [2.24, 2.45) is 5.92 Å². The molecule has 4 heteroatoms. The Morgan fingerprint density at radius 3 is 2.46 bits per heavy atom. The molecule has 1 aliphatic heterocycles. The third-order valence-corrected chi connectivity index (χ3v) is 3.32. The van der Waals surface area contributed by atoms with Crippen molar-refractivity contribution in [1.29, 1.82) is 0 Å². The van der Waals surface area contributed by atoms with Crippen LogP contribution in [-0.4, -0.2) is 55.1 Å². The predicted octanol–water partition coefficient (Wildman–Crippen LogP) is -0.479. The van der Waals surface area contributed by atoms with Crippen molar-refractivity contribution in [2.75, 3.05) is 7.05 Å². The number of aliphatic hydroxyl groups excluding tert-OH is 1. The van der Waals surface area contributed by atoms with E-state index in [2.05, 4.69) is 39.2 Å². The van der Waals surface area contributed by atoms with Gasteiger partial charge in [-0.05, 0) is 0 Å². The Hall–Kier alpha value is -0.0801. The summed E-state index contributed by atoms with van der Waals surface area (Å²) in [4.78, 5) is 2.34. The molecule has 1 aliphatic rings. The molecule has 4 atom stereocenters. The monoisotopic (exact) mass is 179 g/mol. The topological polar surface area (TPSA) is 23.2 Å². The molecule has 0 aromatic carbocycles. The molecule has 1 fully saturated rings. The van der Waals surface area contributed by atoms with E-state index in [1.165, 1.54) is 0 Å².